The van der Waals surface area contributed by atoms with Gasteiger partial charge in [0.15, 0.2) is 12.0 Å². The summed E-state index contributed by atoms with van der Waals surface area (Å²) in [7, 11) is 0. The van der Waals surface area contributed by atoms with Crippen molar-refractivity contribution in [3.05, 3.63) is 28.8 Å². The van der Waals surface area contributed by atoms with Crippen molar-refractivity contribution in [2.45, 2.75) is 18.3 Å². The van der Waals surface area contributed by atoms with E-state index in [0.29, 0.717) is 16.9 Å². The van der Waals surface area contributed by atoms with Crippen LogP contribution in [0.15, 0.2) is 22.3 Å². The highest BCUT2D eigenvalue weighted by atomic mass is 32.2. The lowest BCUT2D eigenvalue weighted by atomic mass is 10.0. The number of aliphatic carboxylic acids is 1. The molecule has 3 N–H and O–H groups in total. The Balaban J connectivity index is 1.80. The Kier molecular flexibility index (Phi) is 5.19. The molecule has 2 aliphatic rings. The molecule has 1 aromatic rings. The predicted octanol–water partition coefficient (Wildman–Crippen LogP) is 0.648. The molecule has 0 aromatic heterocycles. The van der Waals surface area contributed by atoms with Crippen molar-refractivity contribution in [1.29, 1.82) is 0 Å². The molecule has 10 nitrogen and oxygen atoms in total. The second-order valence-electron chi connectivity index (χ2n) is 5.31. The van der Waals surface area contributed by atoms with Crippen LogP contribution in [0.25, 0.3) is 0 Å². The average molecular weight is 379 g/mol. The van der Waals surface area contributed by atoms with E-state index >= 15 is 0 Å². The van der Waals surface area contributed by atoms with Crippen LogP contribution in [0, 0.1) is 0 Å². The van der Waals surface area contributed by atoms with Gasteiger partial charge in [-0.05, 0) is 12.1 Å². The predicted molar refractivity (Wildman–Crippen MR) is 90.5 cm³/mol. The number of amides is 1. The molecule has 1 atom stereocenters. The van der Waals surface area contributed by atoms with Crippen molar-refractivity contribution in [1.82, 2.24) is 5.32 Å². The van der Waals surface area contributed by atoms with E-state index in [1.54, 1.807) is 0 Å². The maximum Gasteiger partial charge on any atom is 0.335 e. The fraction of sp³-hybridized carbons (Fsp3) is 0.267. The average Bonchev–Trinajstić information content (AvgIpc) is 2.93. The van der Waals surface area contributed by atoms with E-state index in [4.69, 9.17) is 14.6 Å². The fourth-order valence-electron chi connectivity index (χ4n) is 2.36. The molecule has 1 unspecified atom stereocenters. The van der Waals surface area contributed by atoms with Crippen molar-refractivity contribution in [3.63, 3.8) is 0 Å². The van der Waals surface area contributed by atoms with Gasteiger partial charge in [-0.15, -0.1) is 5.10 Å². The number of carboxylic acids is 2. The minimum absolute atomic E-state index is 0.0392. The number of hydrogen-bond acceptors (Lipinski definition) is 8. The highest BCUT2D eigenvalue weighted by molar-refractivity contribution is 8.15. The van der Waals surface area contributed by atoms with Gasteiger partial charge in [0.1, 0.15) is 11.0 Å². The number of ether oxygens (including phenoxy) is 2. The normalized spacial score (nSPS) is 20.7. The van der Waals surface area contributed by atoms with Gasteiger partial charge in [0, 0.05) is 11.1 Å². The van der Waals surface area contributed by atoms with E-state index in [0.717, 1.165) is 11.8 Å². The number of rotatable bonds is 5. The Hall–Kier alpha value is -2.92. The molecule has 1 fully saturated rings. The zero-order valence-corrected chi connectivity index (χ0v) is 14.0. The number of carboxylic acid groups (broad SMARTS) is 2. The third kappa shape index (κ3) is 4.00. The molecule has 2 heterocycles. The first-order valence-electron chi connectivity index (χ1n) is 7.35. The highest BCUT2D eigenvalue weighted by Crippen LogP contribution is 2.29. The topological polar surface area (TPSA) is 147 Å². The lowest BCUT2D eigenvalue weighted by Gasteiger charge is -2.19. The van der Waals surface area contributed by atoms with Crippen molar-refractivity contribution >= 4 is 41.0 Å². The van der Waals surface area contributed by atoms with E-state index in [9.17, 15) is 19.5 Å². The van der Waals surface area contributed by atoms with E-state index in [1.165, 1.54) is 18.3 Å². The zero-order chi connectivity index (χ0) is 18.7. The van der Waals surface area contributed by atoms with Crippen molar-refractivity contribution < 1.29 is 34.1 Å². The second-order valence-corrected chi connectivity index (χ2v) is 6.50. The largest absolute Gasteiger partial charge is 0.481 e. The van der Waals surface area contributed by atoms with Crippen molar-refractivity contribution in [3.8, 4) is 5.75 Å². The standard InChI is InChI=1S/C15H13N3O7S/c19-11(20)3-10-13(21)17-15(26-10)18-16-4-8-1-7(14(22)23)2-9-5-24-6-25-12(8)9/h1-2,4,10H,3,5-6H2,(H,19,20)(H,22,23)(H,17,18,21). The maximum absolute atomic E-state index is 11.6. The molecule has 0 radical (unpaired) electrons. The van der Waals surface area contributed by atoms with Crippen LogP contribution in [-0.4, -0.2) is 51.5 Å². The first-order valence-corrected chi connectivity index (χ1v) is 8.23. The van der Waals surface area contributed by atoms with Crippen molar-refractivity contribution in [2.75, 3.05) is 6.79 Å². The van der Waals surface area contributed by atoms with Crippen LogP contribution >= 0.6 is 11.8 Å². The lowest BCUT2D eigenvalue weighted by Crippen LogP contribution is -2.26. The summed E-state index contributed by atoms with van der Waals surface area (Å²) in [5.41, 5.74) is 1.04. The third-order valence-corrected chi connectivity index (χ3v) is 4.54. The van der Waals surface area contributed by atoms with Crippen LogP contribution in [-0.2, 0) is 20.9 Å². The maximum atomic E-state index is 11.6. The minimum Gasteiger partial charge on any atom is -0.481 e. The SMILES string of the molecule is O=C(O)CC1SC(=NN=Cc2cc(C(=O)O)cc3c2OCOC3)NC1=O. The van der Waals surface area contributed by atoms with Crippen LogP contribution in [0.5, 0.6) is 5.75 Å². The van der Waals surface area contributed by atoms with Gasteiger partial charge >= 0.3 is 11.9 Å². The Bertz CT molecular complexity index is 837. The molecule has 26 heavy (non-hydrogen) atoms. The highest BCUT2D eigenvalue weighted by Gasteiger charge is 2.32. The van der Waals surface area contributed by atoms with E-state index in [-0.39, 0.29) is 30.6 Å². The van der Waals surface area contributed by atoms with Crippen LogP contribution in [0.1, 0.15) is 27.9 Å². The Morgan fingerprint density at radius 2 is 2.19 bits per heavy atom. The summed E-state index contributed by atoms with van der Waals surface area (Å²) in [6, 6.07) is 2.85. The quantitative estimate of drug-likeness (QED) is 0.499. The number of thioether (sulfide) groups is 1. The van der Waals surface area contributed by atoms with Gasteiger partial charge in [0.25, 0.3) is 0 Å². The number of carbonyl (C=O) groups is 3. The van der Waals surface area contributed by atoms with Crippen LogP contribution in [0.3, 0.4) is 0 Å². The summed E-state index contributed by atoms with van der Waals surface area (Å²) in [6.07, 6.45) is 0.988. The molecule has 136 valence electrons. The molecule has 1 saturated heterocycles. The van der Waals surface area contributed by atoms with Gasteiger partial charge in [-0.3, -0.25) is 9.59 Å². The van der Waals surface area contributed by atoms with Crippen LogP contribution in [0.2, 0.25) is 0 Å². The Labute approximate surface area is 150 Å². The summed E-state index contributed by atoms with van der Waals surface area (Å²) in [5, 5.41) is 27.5. The number of benzene rings is 1. The van der Waals surface area contributed by atoms with Gasteiger partial charge in [0.2, 0.25) is 5.91 Å². The van der Waals surface area contributed by atoms with E-state index < -0.39 is 23.1 Å². The number of fused-ring (bicyclic) bond motifs is 1. The van der Waals surface area contributed by atoms with Gasteiger partial charge in [-0.25, -0.2) is 4.79 Å². The molecule has 1 amide bonds. The summed E-state index contributed by atoms with van der Waals surface area (Å²) in [5.74, 6) is -2.18. The Morgan fingerprint density at radius 1 is 1.38 bits per heavy atom. The lowest BCUT2D eigenvalue weighted by molar-refractivity contribution is -0.138. The number of carbonyl (C=O) groups excluding carboxylic acids is 1. The molecular weight excluding hydrogens is 366 g/mol. The molecular formula is C15H13N3O7S. The Morgan fingerprint density at radius 3 is 2.92 bits per heavy atom. The molecule has 3 rings (SSSR count). The zero-order valence-electron chi connectivity index (χ0n) is 13.2. The summed E-state index contributed by atoms with van der Waals surface area (Å²) in [6.45, 7) is 0.256. The first kappa shape index (κ1) is 17.9. The molecule has 0 spiro atoms. The molecule has 0 bridgehead atoms. The summed E-state index contributed by atoms with van der Waals surface area (Å²) in [4.78, 5) is 33.6. The number of hydrogen-bond donors (Lipinski definition) is 3. The van der Waals surface area contributed by atoms with E-state index in [1.807, 2.05) is 0 Å². The molecule has 11 heteroatoms. The number of amidine groups is 1. The summed E-state index contributed by atoms with van der Waals surface area (Å²) >= 11 is 0.968. The van der Waals surface area contributed by atoms with Gasteiger partial charge in [-0.1, -0.05) is 11.8 Å². The fourth-order valence-corrected chi connectivity index (χ4v) is 3.27. The van der Waals surface area contributed by atoms with Crippen LogP contribution < -0.4 is 10.1 Å². The smallest absolute Gasteiger partial charge is 0.335 e. The third-order valence-electron chi connectivity index (χ3n) is 3.47. The monoisotopic (exact) mass is 379 g/mol. The summed E-state index contributed by atoms with van der Waals surface area (Å²) < 4.78 is 10.5. The van der Waals surface area contributed by atoms with Crippen LogP contribution in [0.4, 0.5) is 0 Å². The molecule has 0 saturated carbocycles. The molecule has 2 aliphatic heterocycles. The van der Waals surface area contributed by atoms with Crippen molar-refractivity contribution in [2.24, 2.45) is 10.2 Å². The number of aromatic carboxylic acids is 1. The van der Waals surface area contributed by atoms with Gasteiger partial charge < -0.3 is 25.0 Å². The molecule has 0 aliphatic carbocycles. The number of nitrogens with one attached hydrogen (secondary N) is 1. The van der Waals surface area contributed by atoms with Gasteiger partial charge in [0.05, 0.1) is 24.8 Å². The first-order chi connectivity index (χ1) is 12.4. The van der Waals surface area contributed by atoms with E-state index in [2.05, 4.69) is 15.5 Å². The second kappa shape index (κ2) is 7.54. The van der Waals surface area contributed by atoms with Gasteiger partial charge in [-0.2, -0.15) is 5.10 Å². The number of nitrogens with zero attached hydrogens (tertiary/aromatic N) is 2. The molecule has 1 aromatic carbocycles. The minimum atomic E-state index is -1.10.